The number of carbonyl (C=O) groups excluding carboxylic acids is 3. The SMILES string of the molecule is CC(C)CN(C(=O)c1ccc(F)cc1)C1CCN(C(=O)c2ccc(F)cc2)[C@@H](C(=O)NCC2CCC(CN)CC2)C1. The number of nitrogens with two attached hydrogens (primary N) is 1. The molecule has 4 rings (SSSR count). The van der Waals surface area contributed by atoms with E-state index in [1.165, 1.54) is 48.5 Å². The second-order valence-electron chi connectivity index (χ2n) is 11.9. The van der Waals surface area contributed by atoms with Crippen molar-refractivity contribution in [1.82, 2.24) is 15.1 Å². The lowest BCUT2D eigenvalue weighted by Crippen LogP contribution is -2.58. The molecule has 222 valence electrons. The highest BCUT2D eigenvalue weighted by atomic mass is 19.1. The van der Waals surface area contributed by atoms with Gasteiger partial charge in [0.2, 0.25) is 5.91 Å². The fourth-order valence-corrected chi connectivity index (χ4v) is 6.06. The first-order chi connectivity index (χ1) is 19.7. The summed E-state index contributed by atoms with van der Waals surface area (Å²) in [6, 6.07) is 9.73. The van der Waals surface area contributed by atoms with Crippen molar-refractivity contribution in [3.05, 3.63) is 71.3 Å². The van der Waals surface area contributed by atoms with E-state index in [4.69, 9.17) is 5.73 Å². The van der Waals surface area contributed by atoms with Crippen LogP contribution in [-0.2, 0) is 4.79 Å². The molecule has 1 aliphatic carbocycles. The fourth-order valence-electron chi connectivity index (χ4n) is 6.06. The Morgan fingerprint density at radius 1 is 0.902 bits per heavy atom. The first kappa shape index (κ1) is 30.6. The predicted molar refractivity (Wildman–Crippen MR) is 154 cm³/mol. The number of rotatable bonds is 9. The molecule has 1 aliphatic heterocycles. The molecule has 0 bridgehead atoms. The van der Waals surface area contributed by atoms with E-state index in [9.17, 15) is 23.2 Å². The van der Waals surface area contributed by atoms with E-state index in [0.717, 1.165) is 25.7 Å². The van der Waals surface area contributed by atoms with Gasteiger partial charge in [-0.15, -0.1) is 0 Å². The molecule has 41 heavy (non-hydrogen) atoms. The van der Waals surface area contributed by atoms with Crippen molar-refractivity contribution in [3.63, 3.8) is 0 Å². The van der Waals surface area contributed by atoms with Crippen molar-refractivity contribution in [1.29, 1.82) is 0 Å². The number of benzene rings is 2. The minimum absolute atomic E-state index is 0.161. The third kappa shape index (κ3) is 7.91. The maximum atomic E-state index is 13.7. The Bertz CT molecular complexity index is 1180. The van der Waals surface area contributed by atoms with E-state index >= 15 is 0 Å². The number of nitrogens with one attached hydrogen (secondary N) is 1. The van der Waals surface area contributed by atoms with Crippen molar-refractivity contribution < 1.29 is 23.2 Å². The number of likely N-dealkylation sites (tertiary alicyclic amines) is 1. The molecule has 1 heterocycles. The first-order valence-corrected chi connectivity index (χ1v) is 14.8. The molecule has 1 saturated heterocycles. The molecule has 2 fully saturated rings. The average molecular weight is 569 g/mol. The molecule has 2 atom stereocenters. The number of halogens is 2. The molecular weight excluding hydrogens is 526 g/mol. The average Bonchev–Trinajstić information content (AvgIpc) is 2.98. The minimum atomic E-state index is -0.789. The maximum Gasteiger partial charge on any atom is 0.254 e. The zero-order chi connectivity index (χ0) is 29.5. The van der Waals surface area contributed by atoms with Gasteiger partial charge >= 0.3 is 0 Å². The van der Waals surface area contributed by atoms with E-state index in [0.29, 0.717) is 49.0 Å². The van der Waals surface area contributed by atoms with Gasteiger partial charge in [0.05, 0.1) is 0 Å². The Morgan fingerprint density at radius 2 is 1.46 bits per heavy atom. The highest BCUT2D eigenvalue weighted by molar-refractivity contribution is 5.98. The standard InChI is InChI=1S/C32H42F2N4O3/c1-21(2)20-38(32(41)25-9-13-27(34)14-10-25)28-15-16-37(31(40)24-7-11-26(33)12-8-24)29(17-28)30(39)36-19-23-5-3-22(18-35)4-6-23/h7-14,21-23,28-29H,3-6,15-20,35H2,1-2H3,(H,36,39)/t22?,23?,28?,29-/m1/s1. The van der Waals surface area contributed by atoms with Crippen molar-refractivity contribution in [2.24, 2.45) is 23.5 Å². The number of hydrogen-bond acceptors (Lipinski definition) is 4. The van der Waals surface area contributed by atoms with Gasteiger partial charge in [-0.05, 0) is 111 Å². The topological polar surface area (TPSA) is 95.7 Å². The monoisotopic (exact) mass is 568 g/mol. The normalized spacial score (nSPS) is 22.8. The fraction of sp³-hybridized carbons (Fsp3) is 0.531. The lowest BCUT2D eigenvalue weighted by atomic mass is 9.82. The van der Waals surface area contributed by atoms with Crippen LogP contribution in [0.25, 0.3) is 0 Å². The number of hydrogen-bond donors (Lipinski definition) is 2. The van der Waals surface area contributed by atoms with Crippen LogP contribution in [0.5, 0.6) is 0 Å². The summed E-state index contributed by atoms with van der Waals surface area (Å²) in [5.74, 6) is -0.611. The van der Waals surface area contributed by atoms with E-state index in [-0.39, 0.29) is 42.6 Å². The minimum Gasteiger partial charge on any atom is -0.354 e. The Morgan fingerprint density at radius 3 is 2.02 bits per heavy atom. The van der Waals surface area contributed by atoms with Crippen molar-refractivity contribution in [2.75, 3.05) is 26.2 Å². The zero-order valence-electron chi connectivity index (χ0n) is 24.0. The van der Waals surface area contributed by atoms with Crippen LogP contribution in [0.2, 0.25) is 0 Å². The largest absolute Gasteiger partial charge is 0.354 e. The maximum absolute atomic E-state index is 13.7. The van der Waals surface area contributed by atoms with Crippen LogP contribution in [0.4, 0.5) is 8.78 Å². The predicted octanol–water partition coefficient (Wildman–Crippen LogP) is 4.62. The van der Waals surface area contributed by atoms with Gasteiger partial charge in [-0.3, -0.25) is 14.4 Å². The van der Waals surface area contributed by atoms with Crippen LogP contribution >= 0.6 is 0 Å². The molecule has 1 unspecified atom stereocenters. The van der Waals surface area contributed by atoms with Crippen LogP contribution in [-0.4, -0.2) is 65.8 Å². The van der Waals surface area contributed by atoms with Crippen molar-refractivity contribution >= 4 is 17.7 Å². The quantitative estimate of drug-likeness (QED) is 0.462. The molecule has 3 N–H and O–H groups in total. The van der Waals surface area contributed by atoms with Gasteiger partial charge in [0.25, 0.3) is 11.8 Å². The van der Waals surface area contributed by atoms with Crippen LogP contribution in [0, 0.1) is 29.4 Å². The summed E-state index contributed by atoms with van der Waals surface area (Å²) in [7, 11) is 0. The summed E-state index contributed by atoms with van der Waals surface area (Å²) in [5.41, 5.74) is 6.52. The van der Waals surface area contributed by atoms with Gasteiger partial charge in [0, 0.05) is 36.8 Å². The molecule has 2 aromatic carbocycles. The lowest BCUT2D eigenvalue weighted by molar-refractivity contribution is -0.127. The molecule has 0 aromatic heterocycles. The second kappa shape index (κ2) is 14.0. The van der Waals surface area contributed by atoms with Gasteiger partial charge in [-0.1, -0.05) is 13.8 Å². The molecule has 9 heteroatoms. The molecule has 2 aromatic rings. The molecule has 0 spiro atoms. The van der Waals surface area contributed by atoms with Crippen LogP contribution < -0.4 is 11.1 Å². The third-order valence-corrected chi connectivity index (χ3v) is 8.45. The van der Waals surface area contributed by atoms with Gasteiger partial charge < -0.3 is 20.9 Å². The summed E-state index contributed by atoms with van der Waals surface area (Å²) in [6.45, 7) is 5.98. The van der Waals surface area contributed by atoms with Gasteiger partial charge in [0.15, 0.2) is 0 Å². The Balaban J connectivity index is 1.54. The number of piperidine rings is 1. The Labute approximate surface area is 241 Å². The third-order valence-electron chi connectivity index (χ3n) is 8.45. The summed E-state index contributed by atoms with van der Waals surface area (Å²) in [6.07, 6.45) is 4.86. The number of amides is 3. The van der Waals surface area contributed by atoms with Gasteiger partial charge in [-0.2, -0.15) is 0 Å². The summed E-state index contributed by atoms with van der Waals surface area (Å²) in [5, 5.41) is 3.10. The lowest BCUT2D eigenvalue weighted by Gasteiger charge is -2.43. The zero-order valence-corrected chi connectivity index (χ0v) is 24.0. The van der Waals surface area contributed by atoms with Gasteiger partial charge in [0.1, 0.15) is 17.7 Å². The van der Waals surface area contributed by atoms with Crippen molar-refractivity contribution in [3.8, 4) is 0 Å². The number of nitrogens with zero attached hydrogens (tertiary/aromatic N) is 2. The molecule has 3 amide bonds. The summed E-state index contributed by atoms with van der Waals surface area (Å²) >= 11 is 0. The van der Waals surface area contributed by atoms with Crippen LogP contribution in [0.15, 0.2) is 48.5 Å². The molecule has 7 nitrogen and oxygen atoms in total. The highest BCUT2D eigenvalue weighted by Crippen LogP contribution is 2.29. The molecule has 1 saturated carbocycles. The van der Waals surface area contributed by atoms with Crippen molar-refractivity contribution in [2.45, 2.75) is 64.5 Å². The Kier molecular flexibility index (Phi) is 10.5. The highest BCUT2D eigenvalue weighted by Gasteiger charge is 2.40. The molecular formula is C32H42F2N4O3. The van der Waals surface area contributed by atoms with E-state index in [2.05, 4.69) is 5.32 Å². The summed E-state index contributed by atoms with van der Waals surface area (Å²) in [4.78, 5) is 44.2. The Hall–Kier alpha value is -3.33. The van der Waals surface area contributed by atoms with E-state index in [1.807, 2.05) is 13.8 Å². The van der Waals surface area contributed by atoms with Gasteiger partial charge in [-0.25, -0.2) is 8.78 Å². The van der Waals surface area contributed by atoms with E-state index in [1.54, 1.807) is 9.80 Å². The van der Waals surface area contributed by atoms with E-state index < -0.39 is 17.7 Å². The molecule has 2 aliphatic rings. The first-order valence-electron chi connectivity index (χ1n) is 14.8. The molecule has 0 radical (unpaired) electrons. The second-order valence-corrected chi connectivity index (χ2v) is 11.9. The smallest absolute Gasteiger partial charge is 0.254 e. The van der Waals surface area contributed by atoms with Crippen LogP contribution in [0.1, 0.15) is 73.1 Å². The summed E-state index contributed by atoms with van der Waals surface area (Å²) < 4.78 is 27.1. The van der Waals surface area contributed by atoms with Crippen LogP contribution in [0.3, 0.4) is 0 Å². The number of carbonyl (C=O) groups is 3.